The minimum atomic E-state index is 0.0120. The molecule has 1 saturated carbocycles. The molecular formula is C18H18N4O. The van der Waals surface area contributed by atoms with Crippen molar-refractivity contribution in [3.8, 4) is 11.4 Å². The summed E-state index contributed by atoms with van der Waals surface area (Å²) in [6.07, 6.45) is 5.74. The Bertz CT molecular complexity index is 831. The molecule has 0 unspecified atom stereocenters. The van der Waals surface area contributed by atoms with E-state index in [1.54, 1.807) is 19.5 Å². The van der Waals surface area contributed by atoms with E-state index in [9.17, 15) is 0 Å². The highest BCUT2D eigenvalue weighted by Crippen LogP contribution is 2.40. The monoisotopic (exact) mass is 306 g/mol. The molecular weight excluding hydrogens is 288 g/mol. The number of rotatable bonds is 5. The van der Waals surface area contributed by atoms with Crippen molar-refractivity contribution < 1.29 is 4.74 Å². The van der Waals surface area contributed by atoms with Crippen LogP contribution in [0.25, 0.3) is 22.3 Å². The zero-order chi connectivity index (χ0) is 15.7. The van der Waals surface area contributed by atoms with E-state index in [2.05, 4.69) is 15.3 Å². The Hall–Kier alpha value is -2.53. The van der Waals surface area contributed by atoms with Crippen molar-refractivity contribution in [2.24, 2.45) is 0 Å². The summed E-state index contributed by atoms with van der Waals surface area (Å²) in [6.45, 7) is 0.688. The van der Waals surface area contributed by atoms with Crippen LogP contribution in [-0.2, 0) is 4.74 Å². The third-order valence-corrected chi connectivity index (χ3v) is 4.18. The third kappa shape index (κ3) is 2.75. The first-order valence-electron chi connectivity index (χ1n) is 7.74. The summed E-state index contributed by atoms with van der Waals surface area (Å²) >= 11 is 0. The molecule has 1 aromatic carbocycles. The lowest BCUT2D eigenvalue weighted by Gasteiger charge is -2.19. The molecule has 1 fully saturated rings. The lowest BCUT2D eigenvalue weighted by molar-refractivity contribution is 0.179. The SMILES string of the molecule is COCC1(Nc2nc(-c3cccnc3)nc3ccccc23)CC1. The number of hydrogen-bond donors (Lipinski definition) is 1. The summed E-state index contributed by atoms with van der Waals surface area (Å²) in [6, 6.07) is 11.9. The summed E-state index contributed by atoms with van der Waals surface area (Å²) in [5.74, 6) is 1.55. The minimum Gasteiger partial charge on any atom is -0.382 e. The minimum absolute atomic E-state index is 0.0120. The molecule has 116 valence electrons. The van der Waals surface area contributed by atoms with E-state index in [4.69, 9.17) is 9.72 Å². The van der Waals surface area contributed by atoms with Crippen molar-refractivity contribution in [3.63, 3.8) is 0 Å². The quantitative estimate of drug-likeness (QED) is 0.784. The fraction of sp³-hybridized carbons (Fsp3) is 0.278. The van der Waals surface area contributed by atoms with Gasteiger partial charge in [-0.3, -0.25) is 4.98 Å². The maximum atomic E-state index is 5.35. The van der Waals surface area contributed by atoms with Crippen molar-refractivity contribution in [1.29, 1.82) is 0 Å². The van der Waals surface area contributed by atoms with Crippen LogP contribution in [0.4, 0.5) is 5.82 Å². The van der Waals surface area contributed by atoms with Gasteiger partial charge in [-0.25, -0.2) is 9.97 Å². The van der Waals surface area contributed by atoms with Gasteiger partial charge in [-0.05, 0) is 37.1 Å². The summed E-state index contributed by atoms with van der Waals surface area (Å²) in [4.78, 5) is 13.6. The molecule has 0 radical (unpaired) electrons. The normalized spacial score (nSPS) is 15.5. The topological polar surface area (TPSA) is 59.9 Å². The smallest absolute Gasteiger partial charge is 0.163 e. The maximum absolute atomic E-state index is 5.35. The van der Waals surface area contributed by atoms with Gasteiger partial charge in [0.05, 0.1) is 17.7 Å². The second kappa shape index (κ2) is 5.59. The molecule has 0 saturated heterocycles. The van der Waals surface area contributed by atoms with Gasteiger partial charge in [0.2, 0.25) is 0 Å². The molecule has 0 aliphatic heterocycles. The zero-order valence-corrected chi connectivity index (χ0v) is 13.0. The summed E-state index contributed by atoms with van der Waals surface area (Å²) in [5.41, 5.74) is 1.85. The van der Waals surface area contributed by atoms with Gasteiger partial charge in [-0.15, -0.1) is 0 Å². The van der Waals surface area contributed by atoms with E-state index >= 15 is 0 Å². The molecule has 23 heavy (non-hydrogen) atoms. The number of anilines is 1. The molecule has 0 amide bonds. The molecule has 4 rings (SSSR count). The van der Waals surface area contributed by atoms with Crippen LogP contribution in [0.5, 0.6) is 0 Å². The van der Waals surface area contributed by atoms with Crippen LogP contribution in [-0.4, -0.2) is 34.2 Å². The van der Waals surface area contributed by atoms with Crippen molar-refractivity contribution >= 4 is 16.7 Å². The number of ether oxygens (including phenoxy) is 1. The fourth-order valence-corrected chi connectivity index (χ4v) is 2.78. The maximum Gasteiger partial charge on any atom is 0.163 e. The first-order chi connectivity index (χ1) is 11.3. The van der Waals surface area contributed by atoms with Crippen LogP contribution in [0, 0.1) is 0 Å². The van der Waals surface area contributed by atoms with Crippen molar-refractivity contribution in [2.45, 2.75) is 18.4 Å². The number of fused-ring (bicyclic) bond motifs is 1. The molecule has 2 heterocycles. The van der Waals surface area contributed by atoms with E-state index in [-0.39, 0.29) is 5.54 Å². The fourth-order valence-electron chi connectivity index (χ4n) is 2.78. The van der Waals surface area contributed by atoms with Gasteiger partial charge < -0.3 is 10.1 Å². The second-order valence-electron chi connectivity index (χ2n) is 5.99. The van der Waals surface area contributed by atoms with E-state index in [1.807, 2.05) is 36.4 Å². The molecule has 5 heteroatoms. The highest BCUT2D eigenvalue weighted by atomic mass is 16.5. The lowest BCUT2D eigenvalue weighted by atomic mass is 10.2. The molecule has 0 spiro atoms. The van der Waals surface area contributed by atoms with Gasteiger partial charge >= 0.3 is 0 Å². The molecule has 1 aliphatic rings. The lowest BCUT2D eigenvalue weighted by Crippen LogP contribution is -2.27. The van der Waals surface area contributed by atoms with Crippen LogP contribution in [0.2, 0.25) is 0 Å². The summed E-state index contributed by atoms with van der Waals surface area (Å²) in [5, 5.41) is 4.62. The van der Waals surface area contributed by atoms with Crippen molar-refractivity contribution in [2.75, 3.05) is 19.0 Å². The van der Waals surface area contributed by atoms with Gasteiger partial charge in [0, 0.05) is 30.5 Å². The van der Waals surface area contributed by atoms with Gasteiger partial charge in [0.25, 0.3) is 0 Å². The van der Waals surface area contributed by atoms with E-state index in [0.29, 0.717) is 12.4 Å². The Morgan fingerprint density at radius 2 is 2.00 bits per heavy atom. The zero-order valence-electron chi connectivity index (χ0n) is 13.0. The number of hydrogen-bond acceptors (Lipinski definition) is 5. The van der Waals surface area contributed by atoms with Crippen LogP contribution < -0.4 is 5.32 Å². The number of para-hydroxylation sites is 1. The van der Waals surface area contributed by atoms with E-state index in [1.165, 1.54) is 0 Å². The number of nitrogens with zero attached hydrogens (tertiary/aromatic N) is 3. The number of benzene rings is 1. The Morgan fingerprint density at radius 3 is 2.74 bits per heavy atom. The average molecular weight is 306 g/mol. The predicted molar refractivity (Wildman–Crippen MR) is 90.2 cm³/mol. The molecule has 1 aliphatic carbocycles. The van der Waals surface area contributed by atoms with E-state index < -0.39 is 0 Å². The Balaban J connectivity index is 1.81. The molecule has 0 bridgehead atoms. The number of methoxy groups -OCH3 is 1. The van der Waals surface area contributed by atoms with Crippen molar-refractivity contribution in [3.05, 3.63) is 48.8 Å². The Kier molecular flexibility index (Phi) is 3.42. The van der Waals surface area contributed by atoms with Crippen LogP contribution in [0.3, 0.4) is 0 Å². The van der Waals surface area contributed by atoms with Gasteiger partial charge in [-0.1, -0.05) is 12.1 Å². The van der Waals surface area contributed by atoms with Crippen LogP contribution in [0.1, 0.15) is 12.8 Å². The standard InChI is InChI=1S/C18H18N4O/c1-23-12-18(8-9-18)22-17-14-6-2-3-7-15(14)20-16(21-17)13-5-4-10-19-11-13/h2-7,10-11H,8-9,12H2,1H3,(H,20,21,22). The van der Waals surface area contributed by atoms with Crippen LogP contribution >= 0.6 is 0 Å². The van der Waals surface area contributed by atoms with Gasteiger partial charge in [-0.2, -0.15) is 0 Å². The second-order valence-corrected chi connectivity index (χ2v) is 5.99. The van der Waals surface area contributed by atoms with Crippen LogP contribution in [0.15, 0.2) is 48.8 Å². The Morgan fingerprint density at radius 1 is 1.13 bits per heavy atom. The average Bonchev–Trinajstić information content (AvgIpc) is 3.35. The number of nitrogens with one attached hydrogen (secondary N) is 1. The first-order valence-corrected chi connectivity index (χ1v) is 7.74. The largest absolute Gasteiger partial charge is 0.382 e. The number of aromatic nitrogens is 3. The number of pyridine rings is 1. The highest BCUT2D eigenvalue weighted by Gasteiger charge is 2.43. The van der Waals surface area contributed by atoms with Gasteiger partial charge in [0.1, 0.15) is 5.82 Å². The Labute approximate surface area is 134 Å². The predicted octanol–water partition coefficient (Wildman–Crippen LogP) is 3.28. The third-order valence-electron chi connectivity index (χ3n) is 4.18. The molecule has 2 aromatic heterocycles. The first kappa shape index (κ1) is 14.1. The van der Waals surface area contributed by atoms with Gasteiger partial charge in [0.15, 0.2) is 5.82 Å². The summed E-state index contributed by atoms with van der Waals surface area (Å²) in [7, 11) is 1.74. The molecule has 3 aromatic rings. The molecule has 0 atom stereocenters. The summed E-state index contributed by atoms with van der Waals surface area (Å²) < 4.78 is 5.35. The van der Waals surface area contributed by atoms with E-state index in [0.717, 1.165) is 35.1 Å². The highest BCUT2D eigenvalue weighted by molar-refractivity contribution is 5.91. The molecule has 1 N–H and O–H groups in total. The molecule has 5 nitrogen and oxygen atoms in total. The van der Waals surface area contributed by atoms with Crippen molar-refractivity contribution in [1.82, 2.24) is 15.0 Å².